The van der Waals surface area contributed by atoms with Gasteiger partial charge in [-0.25, -0.2) is 0 Å². The fraction of sp³-hybridized carbons (Fsp3) is 0.368. The molecule has 0 heterocycles. The van der Waals surface area contributed by atoms with E-state index in [0.717, 1.165) is 26.2 Å². The van der Waals surface area contributed by atoms with Gasteiger partial charge in [0.25, 0.3) is 0 Å². The topological polar surface area (TPSA) is 15.3 Å². The molecule has 1 N–H and O–H groups in total. The van der Waals surface area contributed by atoms with E-state index in [1.54, 1.807) is 0 Å². The second kappa shape index (κ2) is 7.84. The van der Waals surface area contributed by atoms with E-state index in [1.807, 2.05) is 0 Å². The summed E-state index contributed by atoms with van der Waals surface area (Å²) in [5.41, 5.74) is 5.40. The summed E-state index contributed by atoms with van der Waals surface area (Å²) in [4.78, 5) is 2.45. The van der Waals surface area contributed by atoms with Crippen LogP contribution in [0.2, 0.25) is 0 Å². The molecule has 2 aromatic rings. The molecule has 21 heavy (non-hydrogen) atoms. The highest BCUT2D eigenvalue weighted by atomic mass is 15.1. The molecule has 0 amide bonds. The predicted octanol–water partition coefficient (Wildman–Crippen LogP) is 4.13. The number of aryl methyl sites for hydroxylation is 1. The average molecular weight is 282 g/mol. The Balaban J connectivity index is 2.24. The number of anilines is 1. The fourth-order valence-electron chi connectivity index (χ4n) is 2.60. The van der Waals surface area contributed by atoms with Crippen LogP contribution in [0.1, 0.15) is 30.5 Å². The lowest BCUT2D eigenvalue weighted by molar-refractivity contribution is 0.718. The second-order valence-electron chi connectivity index (χ2n) is 5.41. The molecule has 0 fully saturated rings. The van der Waals surface area contributed by atoms with Gasteiger partial charge in [0.15, 0.2) is 0 Å². The van der Waals surface area contributed by atoms with E-state index in [4.69, 9.17) is 0 Å². The maximum absolute atomic E-state index is 3.45. The van der Waals surface area contributed by atoms with Crippen molar-refractivity contribution >= 4 is 5.69 Å². The van der Waals surface area contributed by atoms with Gasteiger partial charge in [-0.2, -0.15) is 0 Å². The molecule has 0 atom stereocenters. The number of hydrogen-bond donors (Lipinski definition) is 1. The second-order valence-corrected chi connectivity index (χ2v) is 5.41. The zero-order chi connectivity index (χ0) is 15.1. The van der Waals surface area contributed by atoms with Gasteiger partial charge in [0.05, 0.1) is 0 Å². The first kappa shape index (κ1) is 15.6. The summed E-state index contributed by atoms with van der Waals surface area (Å²) in [6.07, 6.45) is 0. The van der Waals surface area contributed by atoms with Gasteiger partial charge in [0.1, 0.15) is 0 Å². The molecule has 0 aliphatic rings. The van der Waals surface area contributed by atoms with E-state index in [0.29, 0.717) is 0 Å². The number of nitrogens with one attached hydrogen (secondary N) is 1. The van der Waals surface area contributed by atoms with Crippen LogP contribution in [0.25, 0.3) is 0 Å². The average Bonchev–Trinajstić information content (AvgIpc) is 2.52. The molecule has 0 spiro atoms. The molecule has 0 unspecified atom stereocenters. The minimum atomic E-state index is 0.929. The van der Waals surface area contributed by atoms with Gasteiger partial charge in [-0.3, -0.25) is 0 Å². The van der Waals surface area contributed by atoms with E-state index in [2.05, 4.69) is 79.5 Å². The van der Waals surface area contributed by atoms with E-state index < -0.39 is 0 Å². The highest BCUT2D eigenvalue weighted by Crippen LogP contribution is 2.23. The molecule has 112 valence electrons. The van der Waals surface area contributed by atoms with Crippen molar-refractivity contribution in [2.75, 3.05) is 18.0 Å². The van der Waals surface area contributed by atoms with Crippen molar-refractivity contribution in [3.63, 3.8) is 0 Å². The Morgan fingerprint density at radius 3 is 2.43 bits per heavy atom. The molecule has 0 radical (unpaired) electrons. The minimum absolute atomic E-state index is 0.929. The van der Waals surface area contributed by atoms with E-state index in [9.17, 15) is 0 Å². The highest BCUT2D eigenvalue weighted by Gasteiger charge is 2.10. The molecule has 2 rings (SSSR count). The van der Waals surface area contributed by atoms with Crippen LogP contribution >= 0.6 is 0 Å². The quantitative estimate of drug-likeness (QED) is 0.821. The smallest absolute Gasteiger partial charge is 0.0429 e. The largest absolute Gasteiger partial charge is 0.367 e. The Hall–Kier alpha value is -1.80. The molecule has 0 saturated carbocycles. The number of rotatable bonds is 7. The summed E-state index contributed by atoms with van der Waals surface area (Å²) >= 11 is 0. The third-order valence-corrected chi connectivity index (χ3v) is 3.74. The zero-order valence-corrected chi connectivity index (χ0v) is 13.4. The normalized spacial score (nSPS) is 10.6. The predicted molar refractivity (Wildman–Crippen MR) is 91.7 cm³/mol. The van der Waals surface area contributed by atoms with Gasteiger partial charge < -0.3 is 10.2 Å². The number of benzene rings is 2. The Bertz CT molecular complexity index is 549. The summed E-state index contributed by atoms with van der Waals surface area (Å²) in [6, 6.07) is 17.4. The maximum atomic E-state index is 3.45. The fourth-order valence-corrected chi connectivity index (χ4v) is 2.60. The Morgan fingerprint density at radius 2 is 1.76 bits per heavy atom. The highest BCUT2D eigenvalue weighted by molar-refractivity contribution is 5.55. The first-order valence-corrected chi connectivity index (χ1v) is 7.83. The van der Waals surface area contributed by atoms with Crippen molar-refractivity contribution in [1.82, 2.24) is 5.32 Å². The van der Waals surface area contributed by atoms with Crippen molar-refractivity contribution in [3.05, 3.63) is 65.2 Å². The van der Waals surface area contributed by atoms with Crippen LogP contribution in [-0.4, -0.2) is 13.1 Å². The Labute approximate surface area is 128 Å². The van der Waals surface area contributed by atoms with Crippen LogP contribution in [0.5, 0.6) is 0 Å². The van der Waals surface area contributed by atoms with Gasteiger partial charge >= 0.3 is 0 Å². The summed E-state index contributed by atoms with van der Waals surface area (Å²) < 4.78 is 0. The van der Waals surface area contributed by atoms with Gasteiger partial charge in [-0.15, -0.1) is 0 Å². The maximum Gasteiger partial charge on any atom is 0.0429 e. The molecule has 0 aliphatic heterocycles. The van der Waals surface area contributed by atoms with Crippen molar-refractivity contribution in [2.24, 2.45) is 0 Å². The molecule has 2 nitrogen and oxygen atoms in total. The van der Waals surface area contributed by atoms with Crippen LogP contribution in [-0.2, 0) is 13.1 Å². The number of nitrogens with zero attached hydrogens (tertiary/aromatic N) is 1. The standard InChI is InChI=1S/C19H26N2/c1-4-20-14-18-13-16(3)11-12-19(18)21(5-2)15-17-9-7-6-8-10-17/h6-13,20H,4-5,14-15H2,1-3H3. The Morgan fingerprint density at radius 1 is 1.00 bits per heavy atom. The van der Waals surface area contributed by atoms with Gasteiger partial charge in [0, 0.05) is 25.3 Å². The van der Waals surface area contributed by atoms with Gasteiger partial charge in [0.2, 0.25) is 0 Å². The molecular formula is C19H26N2. The molecular weight excluding hydrogens is 256 g/mol. The van der Waals surface area contributed by atoms with E-state index in [1.165, 1.54) is 22.4 Å². The molecule has 0 saturated heterocycles. The molecule has 2 aromatic carbocycles. The van der Waals surface area contributed by atoms with Crippen LogP contribution in [0, 0.1) is 6.92 Å². The lowest BCUT2D eigenvalue weighted by Gasteiger charge is -2.26. The zero-order valence-electron chi connectivity index (χ0n) is 13.4. The third kappa shape index (κ3) is 4.33. The van der Waals surface area contributed by atoms with Crippen LogP contribution in [0.3, 0.4) is 0 Å². The number of hydrogen-bond acceptors (Lipinski definition) is 2. The first-order valence-electron chi connectivity index (χ1n) is 7.83. The summed E-state index contributed by atoms with van der Waals surface area (Å²) in [5.74, 6) is 0. The molecule has 0 bridgehead atoms. The lowest BCUT2D eigenvalue weighted by Crippen LogP contribution is -2.24. The summed E-state index contributed by atoms with van der Waals surface area (Å²) in [6.45, 7) is 10.4. The van der Waals surface area contributed by atoms with Crippen molar-refractivity contribution in [1.29, 1.82) is 0 Å². The Kier molecular flexibility index (Phi) is 5.82. The molecule has 2 heteroatoms. The van der Waals surface area contributed by atoms with Crippen LogP contribution in [0.15, 0.2) is 48.5 Å². The minimum Gasteiger partial charge on any atom is -0.367 e. The monoisotopic (exact) mass is 282 g/mol. The molecule has 0 aliphatic carbocycles. The van der Waals surface area contributed by atoms with Crippen molar-refractivity contribution in [3.8, 4) is 0 Å². The molecule has 0 aromatic heterocycles. The SMILES string of the molecule is CCNCc1cc(C)ccc1N(CC)Cc1ccccc1. The lowest BCUT2D eigenvalue weighted by atomic mass is 10.1. The summed E-state index contributed by atoms with van der Waals surface area (Å²) in [5, 5.41) is 3.45. The first-order chi connectivity index (χ1) is 10.2. The third-order valence-electron chi connectivity index (χ3n) is 3.74. The summed E-state index contributed by atoms with van der Waals surface area (Å²) in [7, 11) is 0. The van der Waals surface area contributed by atoms with Gasteiger partial charge in [-0.05, 0) is 37.6 Å². The van der Waals surface area contributed by atoms with Crippen LogP contribution in [0.4, 0.5) is 5.69 Å². The van der Waals surface area contributed by atoms with E-state index >= 15 is 0 Å². The van der Waals surface area contributed by atoms with Crippen molar-refractivity contribution < 1.29 is 0 Å². The van der Waals surface area contributed by atoms with Crippen LogP contribution < -0.4 is 10.2 Å². The van der Waals surface area contributed by atoms with Crippen molar-refractivity contribution in [2.45, 2.75) is 33.9 Å². The van der Waals surface area contributed by atoms with Gasteiger partial charge in [-0.1, -0.05) is 55.0 Å². The van der Waals surface area contributed by atoms with E-state index in [-0.39, 0.29) is 0 Å².